The van der Waals surface area contributed by atoms with Crippen LogP contribution in [0, 0.1) is 5.92 Å². The first-order valence-electron chi connectivity index (χ1n) is 5.58. The number of carbonyl (C=O) groups excluding carboxylic acids is 1. The number of carbonyl (C=O) groups is 1. The Morgan fingerprint density at radius 3 is 2.08 bits per heavy atom. The summed E-state index contributed by atoms with van der Waals surface area (Å²) in [6, 6.07) is 0. The van der Waals surface area contributed by atoms with Gasteiger partial charge in [0.15, 0.2) is 0 Å². The maximum Gasteiger partial charge on any atom is 0.225 e. The molecule has 0 heterocycles. The molecule has 0 atom stereocenters. The van der Waals surface area contributed by atoms with E-state index >= 15 is 0 Å². The molecule has 0 radical (unpaired) electrons. The minimum Gasteiger partial charge on any atom is -0.342 e. The van der Waals surface area contributed by atoms with Crippen LogP contribution < -0.4 is 0 Å². The summed E-state index contributed by atoms with van der Waals surface area (Å²) in [4.78, 5) is 13.9. The van der Waals surface area contributed by atoms with Gasteiger partial charge in [0.05, 0.1) is 0 Å². The molecule has 1 saturated carbocycles. The zero-order chi connectivity index (χ0) is 9.68. The van der Waals surface area contributed by atoms with Crippen LogP contribution in [0.5, 0.6) is 0 Å². The first-order valence-corrected chi connectivity index (χ1v) is 5.58. The number of rotatable bonds is 5. The van der Waals surface area contributed by atoms with E-state index in [0.717, 1.165) is 38.8 Å². The Morgan fingerprint density at radius 1 is 1.23 bits per heavy atom. The zero-order valence-corrected chi connectivity index (χ0v) is 8.88. The third-order valence-corrected chi connectivity index (χ3v) is 2.75. The maximum atomic E-state index is 11.8. The van der Waals surface area contributed by atoms with Crippen molar-refractivity contribution in [2.75, 3.05) is 13.1 Å². The van der Waals surface area contributed by atoms with Gasteiger partial charge < -0.3 is 4.90 Å². The smallest absolute Gasteiger partial charge is 0.225 e. The minimum atomic E-state index is 0.373. The average molecular weight is 183 g/mol. The summed E-state index contributed by atoms with van der Waals surface area (Å²) < 4.78 is 0. The van der Waals surface area contributed by atoms with Gasteiger partial charge in [-0.05, 0) is 25.7 Å². The third kappa shape index (κ3) is 2.71. The van der Waals surface area contributed by atoms with Gasteiger partial charge in [-0.25, -0.2) is 0 Å². The van der Waals surface area contributed by atoms with Crippen LogP contribution in [0.15, 0.2) is 0 Å². The van der Waals surface area contributed by atoms with Crippen LogP contribution in [0.3, 0.4) is 0 Å². The van der Waals surface area contributed by atoms with Gasteiger partial charge in [0.2, 0.25) is 5.91 Å². The predicted octanol–water partition coefficient (Wildman–Crippen LogP) is 2.44. The Hall–Kier alpha value is -0.530. The van der Waals surface area contributed by atoms with Crippen LogP contribution in [0.2, 0.25) is 0 Å². The van der Waals surface area contributed by atoms with E-state index in [4.69, 9.17) is 0 Å². The van der Waals surface area contributed by atoms with E-state index in [2.05, 4.69) is 13.8 Å². The second-order valence-corrected chi connectivity index (χ2v) is 3.95. The van der Waals surface area contributed by atoms with Crippen LogP contribution in [0.25, 0.3) is 0 Å². The van der Waals surface area contributed by atoms with Crippen molar-refractivity contribution in [2.45, 2.75) is 46.0 Å². The summed E-state index contributed by atoms with van der Waals surface area (Å²) in [6.07, 6.45) is 5.67. The van der Waals surface area contributed by atoms with Gasteiger partial charge in [0, 0.05) is 19.0 Å². The summed E-state index contributed by atoms with van der Waals surface area (Å²) in [6.45, 7) is 6.17. The van der Waals surface area contributed by atoms with Crippen molar-refractivity contribution >= 4 is 5.91 Å². The highest BCUT2D eigenvalue weighted by molar-refractivity contribution is 5.79. The molecule has 0 aromatic rings. The molecule has 1 rings (SSSR count). The molecule has 0 saturated heterocycles. The van der Waals surface area contributed by atoms with E-state index in [0.29, 0.717) is 11.8 Å². The molecule has 1 aliphatic carbocycles. The molecule has 0 N–H and O–H groups in total. The van der Waals surface area contributed by atoms with Gasteiger partial charge in [-0.2, -0.15) is 0 Å². The second kappa shape index (κ2) is 5.25. The van der Waals surface area contributed by atoms with Gasteiger partial charge >= 0.3 is 0 Å². The Labute approximate surface area is 81.3 Å². The maximum absolute atomic E-state index is 11.8. The van der Waals surface area contributed by atoms with Crippen LogP contribution in [0.4, 0.5) is 0 Å². The molecule has 0 aliphatic heterocycles. The Bertz CT molecular complexity index is 157. The van der Waals surface area contributed by atoms with Crippen LogP contribution in [0.1, 0.15) is 46.0 Å². The second-order valence-electron chi connectivity index (χ2n) is 3.95. The molecule has 1 amide bonds. The van der Waals surface area contributed by atoms with Crippen molar-refractivity contribution in [3.8, 4) is 0 Å². The topological polar surface area (TPSA) is 20.3 Å². The molecule has 2 heteroatoms. The van der Waals surface area contributed by atoms with Gasteiger partial charge in [-0.1, -0.05) is 20.3 Å². The van der Waals surface area contributed by atoms with E-state index in [1.165, 1.54) is 6.42 Å². The quantitative estimate of drug-likeness (QED) is 0.641. The SMILES string of the molecule is CCCN(CCC)C(=O)C1CCC1. The average Bonchev–Trinajstić information content (AvgIpc) is 2.01. The first-order chi connectivity index (χ1) is 6.29. The van der Waals surface area contributed by atoms with Crippen LogP contribution in [-0.2, 0) is 4.79 Å². The lowest BCUT2D eigenvalue weighted by Gasteiger charge is -2.31. The Morgan fingerprint density at radius 2 is 1.77 bits per heavy atom. The highest BCUT2D eigenvalue weighted by atomic mass is 16.2. The third-order valence-electron chi connectivity index (χ3n) is 2.75. The molecule has 2 nitrogen and oxygen atoms in total. The molecule has 1 fully saturated rings. The predicted molar refractivity (Wildman–Crippen MR) is 54.5 cm³/mol. The molecule has 0 aromatic carbocycles. The normalized spacial score (nSPS) is 16.8. The Kier molecular flexibility index (Phi) is 4.26. The number of amides is 1. The molecular weight excluding hydrogens is 162 g/mol. The van der Waals surface area contributed by atoms with Gasteiger partial charge in [-0.15, -0.1) is 0 Å². The number of nitrogens with zero attached hydrogens (tertiary/aromatic N) is 1. The Balaban J connectivity index is 2.37. The highest BCUT2D eigenvalue weighted by Crippen LogP contribution is 2.28. The molecule has 0 aromatic heterocycles. The van der Waals surface area contributed by atoms with E-state index < -0.39 is 0 Å². The molecule has 76 valence electrons. The molecule has 1 aliphatic rings. The monoisotopic (exact) mass is 183 g/mol. The lowest BCUT2D eigenvalue weighted by atomic mass is 9.84. The van der Waals surface area contributed by atoms with Crippen LogP contribution >= 0.6 is 0 Å². The molecule has 0 bridgehead atoms. The standard InChI is InChI=1S/C11H21NO/c1-3-8-12(9-4-2)11(13)10-6-5-7-10/h10H,3-9H2,1-2H3. The van der Waals surface area contributed by atoms with E-state index in [-0.39, 0.29) is 0 Å². The van der Waals surface area contributed by atoms with Crippen molar-refractivity contribution in [3.05, 3.63) is 0 Å². The fraction of sp³-hybridized carbons (Fsp3) is 0.909. The fourth-order valence-electron chi connectivity index (χ4n) is 1.79. The zero-order valence-electron chi connectivity index (χ0n) is 8.88. The summed E-state index contributed by atoms with van der Waals surface area (Å²) in [5.74, 6) is 0.785. The summed E-state index contributed by atoms with van der Waals surface area (Å²) in [5, 5.41) is 0. The molecule has 0 spiro atoms. The number of hydrogen-bond donors (Lipinski definition) is 0. The highest BCUT2D eigenvalue weighted by Gasteiger charge is 2.28. The molecular formula is C11H21NO. The summed E-state index contributed by atoms with van der Waals surface area (Å²) in [7, 11) is 0. The number of hydrogen-bond acceptors (Lipinski definition) is 1. The fourth-order valence-corrected chi connectivity index (χ4v) is 1.79. The van der Waals surface area contributed by atoms with Gasteiger partial charge in [-0.3, -0.25) is 4.79 Å². The van der Waals surface area contributed by atoms with Crippen molar-refractivity contribution in [3.63, 3.8) is 0 Å². The lowest BCUT2D eigenvalue weighted by Crippen LogP contribution is -2.39. The molecule has 13 heavy (non-hydrogen) atoms. The van der Waals surface area contributed by atoms with Crippen molar-refractivity contribution < 1.29 is 4.79 Å². The van der Waals surface area contributed by atoms with E-state index in [1.54, 1.807) is 0 Å². The minimum absolute atomic E-state index is 0.373. The van der Waals surface area contributed by atoms with Gasteiger partial charge in [0.1, 0.15) is 0 Å². The summed E-state index contributed by atoms with van der Waals surface area (Å²) in [5.41, 5.74) is 0. The van der Waals surface area contributed by atoms with E-state index in [9.17, 15) is 4.79 Å². The lowest BCUT2D eigenvalue weighted by molar-refractivity contribution is -0.138. The van der Waals surface area contributed by atoms with E-state index in [1.807, 2.05) is 4.90 Å². The van der Waals surface area contributed by atoms with Crippen molar-refractivity contribution in [1.29, 1.82) is 0 Å². The van der Waals surface area contributed by atoms with Crippen molar-refractivity contribution in [1.82, 2.24) is 4.90 Å². The largest absolute Gasteiger partial charge is 0.342 e. The van der Waals surface area contributed by atoms with Crippen molar-refractivity contribution in [2.24, 2.45) is 5.92 Å². The first kappa shape index (κ1) is 10.6. The van der Waals surface area contributed by atoms with Gasteiger partial charge in [0.25, 0.3) is 0 Å². The summed E-state index contributed by atoms with van der Waals surface area (Å²) >= 11 is 0. The van der Waals surface area contributed by atoms with Crippen LogP contribution in [-0.4, -0.2) is 23.9 Å². The molecule has 0 unspecified atom stereocenters.